The minimum absolute atomic E-state index is 0.719. The van der Waals surface area contributed by atoms with Crippen LogP contribution in [0.5, 0.6) is 11.5 Å². The number of fused-ring (bicyclic) bond motifs is 1. The summed E-state index contributed by atoms with van der Waals surface area (Å²) in [6, 6.07) is 5.94. The van der Waals surface area contributed by atoms with E-state index in [1.807, 2.05) is 18.2 Å². The average Bonchev–Trinajstić information content (AvgIpc) is 3.02. The molecule has 0 saturated carbocycles. The Morgan fingerprint density at radius 2 is 1.93 bits per heavy atom. The Bertz CT molecular complexity index is 861. The fraction of sp³-hybridized carbons (Fsp3) is 0.409. The van der Waals surface area contributed by atoms with Gasteiger partial charge in [-0.1, -0.05) is 0 Å². The van der Waals surface area contributed by atoms with Crippen molar-refractivity contribution in [3.05, 3.63) is 53.4 Å². The lowest BCUT2D eigenvalue weighted by Gasteiger charge is -2.34. The fourth-order valence-corrected chi connectivity index (χ4v) is 3.86. The third kappa shape index (κ3) is 3.64. The number of aliphatic imine (C=N–C) groups is 1. The van der Waals surface area contributed by atoms with E-state index in [2.05, 4.69) is 40.4 Å². The lowest BCUT2D eigenvalue weighted by Crippen LogP contribution is -2.36. The quantitative estimate of drug-likeness (QED) is 0.871. The molecule has 148 valence electrons. The zero-order chi connectivity index (χ0) is 19.5. The zero-order valence-electron chi connectivity index (χ0n) is 16.9. The van der Waals surface area contributed by atoms with Crippen molar-refractivity contribution in [2.75, 3.05) is 46.9 Å². The molecule has 0 unspecified atom stereocenters. The molecule has 3 aliphatic heterocycles. The number of methoxy groups -OCH3 is 2. The Hall–Kier alpha value is -2.73. The van der Waals surface area contributed by atoms with Crippen molar-refractivity contribution in [3.63, 3.8) is 0 Å². The molecule has 1 aromatic rings. The molecule has 0 amide bonds. The van der Waals surface area contributed by atoms with Gasteiger partial charge in [0.25, 0.3) is 0 Å². The number of amidine groups is 1. The summed E-state index contributed by atoms with van der Waals surface area (Å²) in [5.41, 5.74) is 4.48. The van der Waals surface area contributed by atoms with Crippen LogP contribution in [-0.4, -0.2) is 62.6 Å². The summed E-state index contributed by atoms with van der Waals surface area (Å²) in [6.07, 6.45) is 7.84. The standard InChI is InChI=1S/C22H28N4O2/c1-16-13-18(25-10-4-8-23-9-12-25)15-26-11-7-19(24-22(16)26)17-5-6-20(27-2)21(14-17)28-3/h5-7,13-15,23H,4,8-12H2,1-3H3. The van der Waals surface area contributed by atoms with Crippen molar-refractivity contribution in [3.8, 4) is 11.5 Å². The number of hydrogen-bond donors (Lipinski definition) is 1. The van der Waals surface area contributed by atoms with Gasteiger partial charge in [0.1, 0.15) is 5.84 Å². The Morgan fingerprint density at radius 3 is 2.75 bits per heavy atom. The van der Waals surface area contributed by atoms with Gasteiger partial charge in [-0.05, 0) is 55.8 Å². The number of nitrogens with zero attached hydrogens (tertiary/aromatic N) is 3. The van der Waals surface area contributed by atoms with Gasteiger partial charge in [-0.3, -0.25) is 0 Å². The van der Waals surface area contributed by atoms with Crippen LogP contribution in [-0.2, 0) is 0 Å². The number of hydrogen-bond acceptors (Lipinski definition) is 6. The topological polar surface area (TPSA) is 49.3 Å². The third-order valence-corrected chi connectivity index (χ3v) is 5.37. The van der Waals surface area contributed by atoms with Crippen LogP contribution >= 0.6 is 0 Å². The number of benzene rings is 1. The normalized spacial score (nSPS) is 19.7. The first-order chi connectivity index (χ1) is 13.7. The Morgan fingerprint density at radius 1 is 1.07 bits per heavy atom. The van der Waals surface area contributed by atoms with E-state index in [1.165, 1.54) is 17.7 Å². The SMILES string of the molecule is COc1ccc(C2=CCN3C=C(N4CCCNCC4)C=C(C)C3=N2)cc1OC. The van der Waals surface area contributed by atoms with Gasteiger partial charge in [-0.25, -0.2) is 4.99 Å². The molecule has 3 heterocycles. The summed E-state index contributed by atoms with van der Waals surface area (Å²) in [6.45, 7) is 7.23. The Kier molecular flexibility index (Phi) is 5.39. The zero-order valence-corrected chi connectivity index (χ0v) is 16.9. The maximum absolute atomic E-state index is 5.44. The first-order valence-electron chi connectivity index (χ1n) is 9.83. The number of rotatable bonds is 4. The molecular formula is C22H28N4O2. The van der Waals surface area contributed by atoms with Gasteiger partial charge in [0.2, 0.25) is 0 Å². The molecule has 0 aromatic heterocycles. The average molecular weight is 380 g/mol. The molecule has 0 atom stereocenters. The summed E-state index contributed by atoms with van der Waals surface area (Å²) >= 11 is 0. The second-order valence-corrected chi connectivity index (χ2v) is 7.22. The van der Waals surface area contributed by atoms with E-state index in [4.69, 9.17) is 14.5 Å². The van der Waals surface area contributed by atoms with Crippen molar-refractivity contribution in [1.29, 1.82) is 0 Å². The van der Waals surface area contributed by atoms with Crippen LogP contribution in [0.1, 0.15) is 18.9 Å². The molecule has 3 aliphatic rings. The van der Waals surface area contributed by atoms with Crippen molar-refractivity contribution >= 4 is 11.5 Å². The fourth-order valence-electron chi connectivity index (χ4n) is 3.86. The first kappa shape index (κ1) is 18.6. The second-order valence-electron chi connectivity index (χ2n) is 7.22. The van der Waals surface area contributed by atoms with Gasteiger partial charge in [-0.2, -0.15) is 0 Å². The molecule has 4 rings (SSSR count). The molecule has 1 fully saturated rings. The van der Waals surface area contributed by atoms with Gasteiger partial charge >= 0.3 is 0 Å². The van der Waals surface area contributed by atoms with E-state index >= 15 is 0 Å². The molecular weight excluding hydrogens is 352 g/mol. The highest BCUT2D eigenvalue weighted by Crippen LogP contribution is 2.33. The lowest BCUT2D eigenvalue weighted by molar-refractivity contribution is 0.355. The summed E-state index contributed by atoms with van der Waals surface area (Å²) in [7, 11) is 3.30. The highest BCUT2D eigenvalue weighted by Gasteiger charge is 2.23. The van der Waals surface area contributed by atoms with Gasteiger partial charge < -0.3 is 24.6 Å². The number of nitrogens with one attached hydrogen (secondary N) is 1. The van der Waals surface area contributed by atoms with Crippen LogP contribution in [0.2, 0.25) is 0 Å². The van der Waals surface area contributed by atoms with E-state index in [0.29, 0.717) is 0 Å². The molecule has 0 spiro atoms. The van der Waals surface area contributed by atoms with Crippen LogP contribution in [0.15, 0.2) is 52.8 Å². The van der Waals surface area contributed by atoms with E-state index in [1.54, 1.807) is 14.2 Å². The summed E-state index contributed by atoms with van der Waals surface area (Å²) in [5, 5.41) is 3.47. The maximum atomic E-state index is 5.44. The van der Waals surface area contributed by atoms with Crippen LogP contribution in [0.25, 0.3) is 5.70 Å². The lowest BCUT2D eigenvalue weighted by atomic mass is 10.1. The van der Waals surface area contributed by atoms with E-state index in [0.717, 1.165) is 61.3 Å². The summed E-state index contributed by atoms with van der Waals surface area (Å²) < 4.78 is 10.8. The van der Waals surface area contributed by atoms with Crippen molar-refractivity contribution < 1.29 is 9.47 Å². The monoisotopic (exact) mass is 380 g/mol. The predicted molar refractivity (Wildman–Crippen MR) is 113 cm³/mol. The number of ether oxygens (including phenoxy) is 2. The van der Waals surface area contributed by atoms with Crippen LogP contribution in [0.4, 0.5) is 0 Å². The van der Waals surface area contributed by atoms with E-state index < -0.39 is 0 Å². The van der Waals surface area contributed by atoms with Gasteiger partial charge in [-0.15, -0.1) is 0 Å². The van der Waals surface area contributed by atoms with Crippen molar-refractivity contribution in [2.24, 2.45) is 4.99 Å². The third-order valence-electron chi connectivity index (χ3n) is 5.37. The van der Waals surface area contributed by atoms with Gasteiger partial charge in [0, 0.05) is 37.9 Å². The molecule has 0 bridgehead atoms. The molecule has 1 N–H and O–H groups in total. The van der Waals surface area contributed by atoms with Crippen molar-refractivity contribution in [2.45, 2.75) is 13.3 Å². The predicted octanol–water partition coefficient (Wildman–Crippen LogP) is 2.86. The largest absolute Gasteiger partial charge is 0.493 e. The van der Waals surface area contributed by atoms with Crippen LogP contribution < -0.4 is 14.8 Å². The molecule has 1 aromatic carbocycles. The van der Waals surface area contributed by atoms with Crippen LogP contribution in [0, 0.1) is 0 Å². The van der Waals surface area contributed by atoms with Crippen LogP contribution in [0.3, 0.4) is 0 Å². The molecule has 1 saturated heterocycles. The molecule has 6 nitrogen and oxygen atoms in total. The maximum Gasteiger partial charge on any atom is 0.161 e. The van der Waals surface area contributed by atoms with Gasteiger partial charge in [0.05, 0.1) is 25.6 Å². The van der Waals surface area contributed by atoms with Gasteiger partial charge in [0.15, 0.2) is 11.5 Å². The Balaban J connectivity index is 1.58. The van der Waals surface area contributed by atoms with E-state index in [-0.39, 0.29) is 0 Å². The smallest absolute Gasteiger partial charge is 0.161 e. The molecule has 0 aliphatic carbocycles. The second kappa shape index (κ2) is 8.10. The minimum Gasteiger partial charge on any atom is -0.493 e. The van der Waals surface area contributed by atoms with E-state index in [9.17, 15) is 0 Å². The van der Waals surface area contributed by atoms with Crippen molar-refractivity contribution in [1.82, 2.24) is 15.1 Å². The molecule has 6 heteroatoms. The molecule has 0 radical (unpaired) electrons. The summed E-state index contributed by atoms with van der Waals surface area (Å²) in [5.74, 6) is 2.46. The minimum atomic E-state index is 0.719. The number of allylic oxidation sites excluding steroid dienone is 1. The Labute approximate surface area is 166 Å². The highest BCUT2D eigenvalue weighted by atomic mass is 16.5. The first-order valence-corrected chi connectivity index (χ1v) is 9.83. The highest BCUT2D eigenvalue weighted by molar-refractivity contribution is 6.04. The molecule has 28 heavy (non-hydrogen) atoms. The summed E-state index contributed by atoms with van der Waals surface area (Å²) in [4.78, 5) is 9.66.